The highest BCUT2D eigenvalue weighted by Gasteiger charge is 2.39. The van der Waals surface area contributed by atoms with E-state index in [0.29, 0.717) is 12.0 Å². The number of nitrogens with one attached hydrogen (secondary N) is 1. The van der Waals surface area contributed by atoms with Crippen LogP contribution in [0.2, 0.25) is 0 Å². The molecule has 3 unspecified atom stereocenters. The topological polar surface area (TPSA) is 41.6 Å². The van der Waals surface area contributed by atoms with Crippen LogP contribution in [0.15, 0.2) is 0 Å². The van der Waals surface area contributed by atoms with Crippen LogP contribution in [0.5, 0.6) is 0 Å². The molecular formula is C12H22N2O2. The van der Waals surface area contributed by atoms with Gasteiger partial charge in [0.05, 0.1) is 12.2 Å². The Morgan fingerprint density at radius 1 is 1.38 bits per heavy atom. The highest BCUT2D eigenvalue weighted by atomic mass is 16.5. The molecule has 2 heterocycles. The van der Waals surface area contributed by atoms with Crippen molar-refractivity contribution in [3.8, 4) is 0 Å². The smallest absolute Gasteiger partial charge is 0.240 e. The van der Waals surface area contributed by atoms with Crippen LogP contribution < -0.4 is 5.32 Å². The van der Waals surface area contributed by atoms with Crippen LogP contribution in [0.4, 0.5) is 0 Å². The number of ether oxygens (including phenoxy) is 1. The first-order valence-electron chi connectivity index (χ1n) is 6.27. The minimum Gasteiger partial charge on any atom is -0.381 e. The minimum atomic E-state index is -0.0303. The Balaban J connectivity index is 2.02. The molecule has 0 aromatic heterocycles. The van der Waals surface area contributed by atoms with Crippen LogP contribution in [0.3, 0.4) is 0 Å². The molecule has 1 amide bonds. The number of amides is 1. The van der Waals surface area contributed by atoms with Crippen molar-refractivity contribution in [3.63, 3.8) is 0 Å². The lowest BCUT2D eigenvalue weighted by Gasteiger charge is -2.36. The zero-order valence-electron chi connectivity index (χ0n) is 10.4. The molecule has 3 atom stereocenters. The van der Waals surface area contributed by atoms with Crippen LogP contribution in [-0.4, -0.2) is 42.3 Å². The number of nitrogens with zero attached hydrogens (tertiary/aromatic N) is 1. The predicted octanol–water partition coefficient (Wildman–Crippen LogP) is 0.968. The summed E-state index contributed by atoms with van der Waals surface area (Å²) in [6.45, 7) is 7.86. The average Bonchev–Trinajstić information content (AvgIpc) is 2.54. The molecule has 2 aliphatic heterocycles. The molecule has 4 heteroatoms. The van der Waals surface area contributed by atoms with E-state index in [2.05, 4.69) is 19.2 Å². The standard InChI is InChI=1S/C12H22N2O2/c1-8-12(15)14(10(3)13-8)9(2)11-4-6-16-7-5-11/h8-11,13H,4-7H2,1-3H3. The third-order valence-electron chi connectivity index (χ3n) is 3.92. The van der Waals surface area contributed by atoms with Crippen LogP contribution in [-0.2, 0) is 9.53 Å². The van der Waals surface area contributed by atoms with E-state index in [4.69, 9.17) is 4.74 Å². The van der Waals surface area contributed by atoms with Crippen molar-refractivity contribution in [1.29, 1.82) is 0 Å². The first-order valence-corrected chi connectivity index (χ1v) is 6.27. The molecule has 2 saturated heterocycles. The third kappa shape index (κ3) is 2.09. The van der Waals surface area contributed by atoms with Gasteiger partial charge in [-0.05, 0) is 39.5 Å². The van der Waals surface area contributed by atoms with Crippen LogP contribution >= 0.6 is 0 Å². The summed E-state index contributed by atoms with van der Waals surface area (Å²) in [5, 5.41) is 3.28. The lowest BCUT2D eigenvalue weighted by Crippen LogP contribution is -2.46. The van der Waals surface area contributed by atoms with Gasteiger partial charge in [-0.2, -0.15) is 0 Å². The van der Waals surface area contributed by atoms with Gasteiger partial charge >= 0.3 is 0 Å². The first-order chi connectivity index (χ1) is 7.61. The van der Waals surface area contributed by atoms with Crippen LogP contribution in [0, 0.1) is 5.92 Å². The van der Waals surface area contributed by atoms with E-state index in [1.165, 1.54) is 0 Å². The summed E-state index contributed by atoms with van der Waals surface area (Å²) < 4.78 is 5.37. The highest BCUT2D eigenvalue weighted by Crippen LogP contribution is 2.26. The van der Waals surface area contributed by atoms with E-state index in [0.717, 1.165) is 26.1 Å². The summed E-state index contributed by atoms with van der Waals surface area (Å²) in [6, 6.07) is 0.293. The number of hydrogen-bond acceptors (Lipinski definition) is 3. The van der Waals surface area contributed by atoms with Crippen molar-refractivity contribution in [1.82, 2.24) is 10.2 Å². The van der Waals surface area contributed by atoms with Gasteiger partial charge in [0.2, 0.25) is 5.91 Å². The van der Waals surface area contributed by atoms with Crippen molar-refractivity contribution in [3.05, 3.63) is 0 Å². The fourth-order valence-electron chi connectivity index (χ4n) is 2.91. The number of carbonyl (C=O) groups is 1. The Bertz CT molecular complexity index is 264. The van der Waals surface area contributed by atoms with E-state index in [1.54, 1.807) is 0 Å². The van der Waals surface area contributed by atoms with Gasteiger partial charge < -0.3 is 9.64 Å². The Morgan fingerprint density at radius 3 is 2.50 bits per heavy atom. The number of hydrogen-bond donors (Lipinski definition) is 1. The Labute approximate surface area is 97.3 Å². The molecule has 16 heavy (non-hydrogen) atoms. The minimum absolute atomic E-state index is 0.0303. The molecule has 2 rings (SSSR count). The van der Waals surface area contributed by atoms with Gasteiger partial charge in [-0.3, -0.25) is 10.1 Å². The molecule has 0 bridgehead atoms. The summed E-state index contributed by atoms with van der Waals surface area (Å²) in [4.78, 5) is 14.0. The third-order valence-corrected chi connectivity index (χ3v) is 3.92. The van der Waals surface area contributed by atoms with Gasteiger partial charge in [0.25, 0.3) is 0 Å². The Morgan fingerprint density at radius 2 is 2.00 bits per heavy atom. The fraction of sp³-hybridized carbons (Fsp3) is 0.917. The van der Waals surface area contributed by atoms with Crippen molar-refractivity contribution < 1.29 is 9.53 Å². The number of carbonyl (C=O) groups excluding carboxylic acids is 1. The van der Waals surface area contributed by atoms with E-state index < -0.39 is 0 Å². The van der Waals surface area contributed by atoms with Crippen molar-refractivity contribution in [2.75, 3.05) is 13.2 Å². The molecule has 0 aromatic rings. The molecule has 92 valence electrons. The average molecular weight is 226 g/mol. The molecule has 0 radical (unpaired) electrons. The maximum atomic E-state index is 12.0. The van der Waals surface area contributed by atoms with Crippen molar-refractivity contribution in [2.45, 2.75) is 51.9 Å². The molecule has 1 N–H and O–H groups in total. The van der Waals surface area contributed by atoms with Crippen molar-refractivity contribution in [2.24, 2.45) is 5.92 Å². The summed E-state index contributed by atoms with van der Waals surface area (Å²) in [7, 11) is 0. The molecule has 0 aromatic carbocycles. The Hall–Kier alpha value is -0.610. The zero-order valence-corrected chi connectivity index (χ0v) is 10.4. The lowest BCUT2D eigenvalue weighted by atomic mass is 9.91. The maximum Gasteiger partial charge on any atom is 0.240 e. The number of rotatable bonds is 2. The van der Waals surface area contributed by atoms with E-state index in [9.17, 15) is 4.79 Å². The van der Waals surface area contributed by atoms with Gasteiger partial charge in [0.15, 0.2) is 0 Å². The maximum absolute atomic E-state index is 12.0. The molecule has 2 fully saturated rings. The second-order valence-corrected chi connectivity index (χ2v) is 5.00. The summed E-state index contributed by atoms with van der Waals surface area (Å²) >= 11 is 0. The molecule has 0 spiro atoms. The highest BCUT2D eigenvalue weighted by molar-refractivity contribution is 5.84. The second-order valence-electron chi connectivity index (χ2n) is 5.00. The van der Waals surface area contributed by atoms with E-state index >= 15 is 0 Å². The van der Waals surface area contributed by atoms with Gasteiger partial charge in [0.1, 0.15) is 0 Å². The predicted molar refractivity (Wildman–Crippen MR) is 61.9 cm³/mol. The molecule has 0 saturated carbocycles. The van der Waals surface area contributed by atoms with Gasteiger partial charge in [0, 0.05) is 19.3 Å². The van der Waals surface area contributed by atoms with E-state index in [1.807, 2.05) is 11.8 Å². The van der Waals surface area contributed by atoms with E-state index in [-0.39, 0.29) is 18.1 Å². The van der Waals surface area contributed by atoms with Crippen molar-refractivity contribution >= 4 is 5.91 Å². The lowest BCUT2D eigenvalue weighted by molar-refractivity contribution is -0.133. The summed E-state index contributed by atoms with van der Waals surface area (Å²) in [6.07, 6.45) is 2.32. The molecular weight excluding hydrogens is 204 g/mol. The largest absolute Gasteiger partial charge is 0.381 e. The van der Waals surface area contributed by atoms with Gasteiger partial charge in [-0.15, -0.1) is 0 Å². The first kappa shape index (κ1) is 11.9. The molecule has 0 aliphatic carbocycles. The quantitative estimate of drug-likeness (QED) is 0.763. The fourth-order valence-corrected chi connectivity index (χ4v) is 2.91. The van der Waals surface area contributed by atoms with Gasteiger partial charge in [-0.25, -0.2) is 0 Å². The monoisotopic (exact) mass is 226 g/mol. The van der Waals surface area contributed by atoms with Crippen LogP contribution in [0.1, 0.15) is 33.6 Å². The normalized spacial score (nSPS) is 34.4. The van der Waals surface area contributed by atoms with Crippen LogP contribution in [0.25, 0.3) is 0 Å². The summed E-state index contributed by atoms with van der Waals surface area (Å²) in [5.74, 6) is 0.832. The van der Waals surface area contributed by atoms with Gasteiger partial charge in [-0.1, -0.05) is 0 Å². The molecule has 4 nitrogen and oxygen atoms in total. The Kier molecular flexibility index (Phi) is 3.50. The zero-order chi connectivity index (χ0) is 11.7. The summed E-state index contributed by atoms with van der Waals surface area (Å²) in [5.41, 5.74) is 0. The second kappa shape index (κ2) is 4.72. The molecule has 2 aliphatic rings. The SMILES string of the molecule is CC1NC(C)N(C(C)C2CCOCC2)C1=O.